The molecule has 0 aliphatic rings. The molecule has 0 fully saturated rings. The van der Waals surface area contributed by atoms with Gasteiger partial charge in [0.2, 0.25) is 0 Å². The van der Waals surface area contributed by atoms with E-state index in [-0.39, 0.29) is 5.82 Å². The van der Waals surface area contributed by atoms with E-state index >= 15 is 0 Å². The molecule has 2 rings (SSSR count). The van der Waals surface area contributed by atoms with Gasteiger partial charge >= 0.3 is 0 Å². The van der Waals surface area contributed by atoms with E-state index in [1.54, 1.807) is 18.3 Å². The summed E-state index contributed by atoms with van der Waals surface area (Å²) in [6.07, 6.45) is 3.14. The summed E-state index contributed by atoms with van der Waals surface area (Å²) in [5.41, 5.74) is 1.73. The van der Waals surface area contributed by atoms with Crippen LogP contribution in [0.5, 0.6) is 0 Å². The standard InChI is InChI=1S/C12H11ClFN3/c1-17(11-4-2-9(14)3-5-11)8-10-6-16-12(13)7-15-10/h2-7H,8H2,1H3. The molecular formula is C12H11ClFN3. The van der Waals surface area contributed by atoms with Crippen molar-refractivity contribution >= 4 is 17.3 Å². The van der Waals surface area contributed by atoms with Gasteiger partial charge in [0.25, 0.3) is 0 Å². The lowest BCUT2D eigenvalue weighted by Crippen LogP contribution is -2.17. The molecule has 1 heterocycles. The zero-order valence-electron chi connectivity index (χ0n) is 9.27. The lowest BCUT2D eigenvalue weighted by Gasteiger charge is -2.18. The van der Waals surface area contributed by atoms with Crippen LogP contribution in [0.25, 0.3) is 0 Å². The number of rotatable bonds is 3. The van der Waals surface area contributed by atoms with Crippen molar-refractivity contribution in [1.82, 2.24) is 9.97 Å². The van der Waals surface area contributed by atoms with E-state index < -0.39 is 0 Å². The van der Waals surface area contributed by atoms with Crippen LogP contribution < -0.4 is 4.90 Å². The minimum absolute atomic E-state index is 0.242. The first-order valence-corrected chi connectivity index (χ1v) is 5.46. The third-order valence-corrected chi connectivity index (χ3v) is 2.54. The van der Waals surface area contributed by atoms with E-state index in [0.717, 1.165) is 11.4 Å². The summed E-state index contributed by atoms with van der Waals surface area (Å²) in [4.78, 5) is 10.1. The Morgan fingerprint density at radius 3 is 2.47 bits per heavy atom. The van der Waals surface area contributed by atoms with Gasteiger partial charge in [0.1, 0.15) is 11.0 Å². The monoisotopic (exact) mass is 251 g/mol. The number of anilines is 1. The van der Waals surface area contributed by atoms with Crippen LogP contribution in [0, 0.1) is 5.82 Å². The summed E-state index contributed by atoms with van der Waals surface area (Å²) in [6.45, 7) is 0.593. The highest BCUT2D eigenvalue weighted by Crippen LogP contribution is 2.15. The molecule has 3 nitrogen and oxygen atoms in total. The smallest absolute Gasteiger partial charge is 0.147 e. The summed E-state index contributed by atoms with van der Waals surface area (Å²) in [7, 11) is 1.91. The lowest BCUT2D eigenvalue weighted by atomic mass is 10.3. The second-order valence-corrected chi connectivity index (χ2v) is 4.05. The van der Waals surface area contributed by atoms with E-state index in [1.807, 2.05) is 11.9 Å². The quantitative estimate of drug-likeness (QED) is 0.840. The Hall–Kier alpha value is -1.68. The molecule has 2 aromatic rings. The maximum atomic E-state index is 12.8. The van der Waals surface area contributed by atoms with Crippen LogP contribution in [0.2, 0.25) is 5.15 Å². The summed E-state index contributed by atoms with van der Waals surface area (Å²) >= 11 is 5.65. The second kappa shape index (κ2) is 5.10. The highest BCUT2D eigenvalue weighted by molar-refractivity contribution is 6.29. The SMILES string of the molecule is CN(Cc1cnc(Cl)cn1)c1ccc(F)cc1. The van der Waals surface area contributed by atoms with Gasteiger partial charge in [-0.25, -0.2) is 9.37 Å². The zero-order valence-corrected chi connectivity index (χ0v) is 10.0. The van der Waals surface area contributed by atoms with Crippen LogP contribution >= 0.6 is 11.6 Å². The first kappa shape index (κ1) is 11.8. The second-order valence-electron chi connectivity index (χ2n) is 3.66. The van der Waals surface area contributed by atoms with Crippen molar-refractivity contribution in [2.75, 3.05) is 11.9 Å². The van der Waals surface area contributed by atoms with Crippen molar-refractivity contribution in [3.63, 3.8) is 0 Å². The molecule has 0 spiro atoms. The fourth-order valence-electron chi connectivity index (χ4n) is 1.45. The van der Waals surface area contributed by atoms with Gasteiger partial charge in [-0.15, -0.1) is 0 Å². The lowest BCUT2D eigenvalue weighted by molar-refractivity contribution is 0.627. The van der Waals surface area contributed by atoms with E-state index in [0.29, 0.717) is 11.7 Å². The molecule has 0 saturated carbocycles. The number of benzene rings is 1. The molecule has 0 aliphatic heterocycles. The first-order chi connectivity index (χ1) is 8.15. The third-order valence-electron chi connectivity index (χ3n) is 2.34. The predicted octanol–water partition coefficient (Wildman–Crippen LogP) is 2.91. The Kier molecular flexibility index (Phi) is 3.54. The number of hydrogen-bond acceptors (Lipinski definition) is 3. The molecule has 0 amide bonds. The molecule has 0 radical (unpaired) electrons. The molecule has 0 saturated heterocycles. The fraction of sp³-hybridized carbons (Fsp3) is 0.167. The van der Waals surface area contributed by atoms with Gasteiger partial charge in [0.15, 0.2) is 0 Å². The molecule has 5 heteroatoms. The van der Waals surface area contributed by atoms with Crippen molar-refractivity contribution < 1.29 is 4.39 Å². The number of halogens is 2. The minimum atomic E-state index is -0.242. The van der Waals surface area contributed by atoms with Gasteiger partial charge in [-0.2, -0.15) is 0 Å². The first-order valence-electron chi connectivity index (χ1n) is 5.08. The largest absolute Gasteiger partial charge is 0.369 e. The Labute approximate surface area is 104 Å². The van der Waals surface area contributed by atoms with Crippen LogP contribution in [-0.4, -0.2) is 17.0 Å². The molecule has 17 heavy (non-hydrogen) atoms. The van der Waals surface area contributed by atoms with Gasteiger partial charge in [-0.1, -0.05) is 11.6 Å². The highest BCUT2D eigenvalue weighted by Gasteiger charge is 2.03. The van der Waals surface area contributed by atoms with Crippen LogP contribution in [0.3, 0.4) is 0 Å². The predicted molar refractivity (Wildman–Crippen MR) is 65.5 cm³/mol. The molecule has 88 valence electrons. The topological polar surface area (TPSA) is 29.0 Å². The average molecular weight is 252 g/mol. The van der Waals surface area contributed by atoms with E-state index in [2.05, 4.69) is 9.97 Å². The summed E-state index contributed by atoms with van der Waals surface area (Å²) in [6, 6.07) is 6.30. The number of hydrogen-bond donors (Lipinski definition) is 0. The molecular weight excluding hydrogens is 241 g/mol. The zero-order chi connectivity index (χ0) is 12.3. The fourth-order valence-corrected chi connectivity index (χ4v) is 1.55. The molecule has 0 bridgehead atoms. The molecule has 1 aromatic carbocycles. The Balaban J connectivity index is 2.08. The van der Waals surface area contributed by atoms with E-state index in [9.17, 15) is 4.39 Å². The van der Waals surface area contributed by atoms with Gasteiger partial charge in [-0.3, -0.25) is 4.98 Å². The van der Waals surface area contributed by atoms with Crippen molar-refractivity contribution in [2.45, 2.75) is 6.54 Å². The van der Waals surface area contributed by atoms with Gasteiger partial charge in [-0.05, 0) is 24.3 Å². The minimum Gasteiger partial charge on any atom is -0.369 e. The Morgan fingerprint density at radius 2 is 1.88 bits per heavy atom. The highest BCUT2D eigenvalue weighted by atomic mass is 35.5. The van der Waals surface area contributed by atoms with Crippen LogP contribution in [0.15, 0.2) is 36.7 Å². The van der Waals surface area contributed by atoms with Crippen molar-refractivity contribution in [2.24, 2.45) is 0 Å². The van der Waals surface area contributed by atoms with Gasteiger partial charge < -0.3 is 4.90 Å². The summed E-state index contributed by atoms with van der Waals surface area (Å²) < 4.78 is 12.8. The normalized spacial score (nSPS) is 10.3. The molecule has 0 aliphatic carbocycles. The van der Waals surface area contributed by atoms with Crippen molar-refractivity contribution in [3.8, 4) is 0 Å². The van der Waals surface area contributed by atoms with E-state index in [1.165, 1.54) is 18.3 Å². The van der Waals surface area contributed by atoms with Gasteiger partial charge in [0, 0.05) is 12.7 Å². The molecule has 0 N–H and O–H groups in total. The third kappa shape index (κ3) is 3.14. The van der Waals surface area contributed by atoms with Crippen molar-refractivity contribution in [1.29, 1.82) is 0 Å². The Bertz CT molecular complexity index is 484. The summed E-state index contributed by atoms with van der Waals surface area (Å²) in [5, 5.41) is 0.373. The Morgan fingerprint density at radius 1 is 1.18 bits per heavy atom. The van der Waals surface area contributed by atoms with Crippen molar-refractivity contribution in [3.05, 3.63) is 53.3 Å². The maximum Gasteiger partial charge on any atom is 0.147 e. The number of aromatic nitrogens is 2. The molecule has 0 unspecified atom stereocenters. The number of nitrogens with zero attached hydrogens (tertiary/aromatic N) is 3. The van der Waals surface area contributed by atoms with Crippen LogP contribution in [0.4, 0.5) is 10.1 Å². The van der Waals surface area contributed by atoms with Crippen LogP contribution in [0.1, 0.15) is 5.69 Å². The van der Waals surface area contributed by atoms with Crippen LogP contribution in [-0.2, 0) is 6.54 Å². The average Bonchev–Trinajstić information content (AvgIpc) is 2.33. The maximum absolute atomic E-state index is 12.8. The molecule has 1 aromatic heterocycles. The summed E-state index contributed by atoms with van der Waals surface area (Å²) in [5.74, 6) is -0.242. The van der Waals surface area contributed by atoms with E-state index in [4.69, 9.17) is 11.6 Å². The molecule has 0 atom stereocenters. The van der Waals surface area contributed by atoms with Gasteiger partial charge in [0.05, 0.1) is 24.6 Å².